The summed E-state index contributed by atoms with van der Waals surface area (Å²) >= 11 is 0. The summed E-state index contributed by atoms with van der Waals surface area (Å²) < 4.78 is 0. The number of likely N-dealkylation sites (tertiary alicyclic amines) is 6. The van der Waals surface area contributed by atoms with Gasteiger partial charge >= 0.3 is 0 Å². The zero-order valence-electron chi connectivity index (χ0n) is 77.4. The van der Waals surface area contributed by atoms with Crippen molar-refractivity contribution in [3.05, 3.63) is 0 Å². The van der Waals surface area contributed by atoms with Crippen molar-refractivity contribution in [2.24, 2.45) is 90.7 Å². The highest BCUT2D eigenvalue weighted by Gasteiger charge is 2.58. The molecular formula is C100H222N6. The maximum absolute atomic E-state index is 2.65. The first-order chi connectivity index (χ1) is 44.4. The van der Waals surface area contributed by atoms with E-state index in [2.05, 4.69) is 293 Å². The Balaban J connectivity index is -0.000000176. The molecule has 2 unspecified atom stereocenters. The van der Waals surface area contributed by atoms with Crippen LogP contribution in [0, 0.1) is 90.7 Å². The second-order valence-electron chi connectivity index (χ2n) is 46.3. The number of nitrogens with zero attached hydrogens (tertiary/aromatic N) is 6. The van der Waals surface area contributed by atoms with Gasteiger partial charge in [0.2, 0.25) is 0 Å². The van der Waals surface area contributed by atoms with Gasteiger partial charge < -0.3 is 0 Å². The molecule has 8 rings (SSSR count). The molecule has 0 N–H and O–H groups in total. The van der Waals surface area contributed by atoms with Crippen molar-refractivity contribution in [3.63, 3.8) is 0 Å². The summed E-state index contributed by atoms with van der Waals surface area (Å²) in [5.41, 5.74) is 6.71. The van der Waals surface area contributed by atoms with Gasteiger partial charge in [0.25, 0.3) is 0 Å². The third-order valence-corrected chi connectivity index (χ3v) is 25.3. The summed E-state index contributed by atoms with van der Waals surface area (Å²) in [7, 11) is 0. The Morgan fingerprint density at radius 1 is 0.283 bits per heavy atom. The quantitative estimate of drug-likeness (QED) is 0.271. The summed E-state index contributed by atoms with van der Waals surface area (Å²) in [6.07, 6.45) is 21.2. The summed E-state index contributed by atoms with van der Waals surface area (Å²) in [6.45, 7) is 117. The van der Waals surface area contributed by atoms with Gasteiger partial charge in [-0.3, -0.25) is 29.4 Å². The molecule has 106 heavy (non-hydrogen) atoms. The van der Waals surface area contributed by atoms with Gasteiger partial charge in [-0.05, 0) is 358 Å². The molecule has 6 heterocycles. The summed E-state index contributed by atoms with van der Waals surface area (Å²) in [5, 5.41) is 0. The molecule has 2 saturated carbocycles. The van der Waals surface area contributed by atoms with E-state index in [9.17, 15) is 0 Å². The Kier molecular flexibility index (Phi) is 55.4. The Bertz CT molecular complexity index is 1910. The van der Waals surface area contributed by atoms with Gasteiger partial charge in [0.15, 0.2) is 0 Å². The SMILES string of the molecule is C.C.C.C.C.C.C.CC.CC.CC.CC(C)(C)C1CC2(C1)CN(C(C)(C)C)C2.CC(C)(C)C1CC2(C1)CN(C(C)(C)C)C2.CC(C)(C)CC1CCN(C(C)(C)C)CC1.CC(C)(C)CC1CCN(C(C)(C)C)CC1.CC(C1CCN(C(C)(C)C)CC1)C(C)(C)C.CCC(C1CCN(C(C)(C)C)CC1)C(C)(C)C. The highest BCUT2D eigenvalue weighted by atomic mass is 15.3. The van der Waals surface area contributed by atoms with Gasteiger partial charge in [0.05, 0.1) is 0 Å². The minimum Gasteiger partial charge on any atom is -0.298 e. The fourth-order valence-corrected chi connectivity index (χ4v) is 17.9. The average molecular weight is 1510 g/mol. The molecule has 652 valence electrons. The highest BCUT2D eigenvalue weighted by molar-refractivity contribution is 5.10. The number of hydrogen-bond donors (Lipinski definition) is 0. The lowest BCUT2D eigenvalue weighted by Gasteiger charge is -2.65. The van der Waals surface area contributed by atoms with Crippen molar-refractivity contribution in [2.45, 2.75) is 486 Å². The third kappa shape index (κ3) is 42.9. The van der Waals surface area contributed by atoms with E-state index in [1.165, 1.54) is 175 Å². The first kappa shape index (κ1) is 121. The summed E-state index contributed by atoms with van der Waals surface area (Å²) in [6, 6.07) is 0. The first-order valence-electron chi connectivity index (χ1n) is 42.9. The molecule has 2 spiro atoms. The number of piperidine rings is 4. The molecule has 0 aromatic heterocycles. The maximum Gasteiger partial charge on any atom is 0.0125 e. The lowest BCUT2D eigenvalue weighted by Crippen LogP contribution is -2.67. The van der Waals surface area contributed by atoms with E-state index in [1.54, 1.807) is 0 Å². The van der Waals surface area contributed by atoms with Crippen LogP contribution in [-0.4, -0.2) is 141 Å². The zero-order chi connectivity index (χ0) is 78.2. The van der Waals surface area contributed by atoms with Gasteiger partial charge in [-0.1, -0.05) is 238 Å². The Hall–Kier alpha value is -0.240. The van der Waals surface area contributed by atoms with Crippen molar-refractivity contribution < 1.29 is 0 Å². The lowest BCUT2D eigenvalue weighted by molar-refractivity contribution is -0.150. The molecule has 8 fully saturated rings. The molecule has 6 saturated heterocycles. The monoisotopic (exact) mass is 1510 g/mol. The van der Waals surface area contributed by atoms with Crippen LogP contribution in [0.1, 0.15) is 453 Å². The Labute approximate surface area is 680 Å². The predicted octanol–water partition coefficient (Wildman–Crippen LogP) is 31.2. The molecule has 6 aliphatic heterocycles. The maximum atomic E-state index is 2.65. The molecule has 2 aliphatic carbocycles. The van der Waals surface area contributed by atoms with Crippen LogP contribution in [0.25, 0.3) is 0 Å². The van der Waals surface area contributed by atoms with E-state index < -0.39 is 0 Å². The molecule has 0 aromatic carbocycles. The molecule has 0 aromatic rings. The van der Waals surface area contributed by atoms with E-state index in [0.717, 1.165) is 58.2 Å². The summed E-state index contributed by atoms with van der Waals surface area (Å²) in [4.78, 5) is 15.8. The third-order valence-electron chi connectivity index (χ3n) is 25.3. The van der Waals surface area contributed by atoms with Gasteiger partial charge in [0.1, 0.15) is 0 Å². The zero-order valence-corrected chi connectivity index (χ0v) is 77.4. The van der Waals surface area contributed by atoms with Crippen molar-refractivity contribution in [2.75, 3.05) is 78.5 Å². The molecular weight excluding hydrogens is 1290 g/mol. The standard InChI is InChI=1S/C16H33N.C15H31N.2C14H27N.2C14H29N.3C2H6.7CH4/c1-8-14(15(2,3)4)13-9-11-17(12-10-13)16(5,6)7;1-12(14(2,3)4)13-8-10-16(11-9-13)15(5,6)7;2*1-12(2,3)11-7-14(8-11)9-15(10-14)13(4,5)6;2*1-13(2,3)11-12-7-9-15(10-8-12)14(4,5)6;3*1-2;;;;;;;/h13-14H,8-12H2,1-7H3;12-13H,8-11H2,1-7H3;2*11H,7-10H2,1-6H3;2*12H,7-11H2,1-6H3;3*1-2H3;7*1H4. The van der Waals surface area contributed by atoms with E-state index in [0.29, 0.717) is 65.7 Å². The van der Waals surface area contributed by atoms with Crippen molar-refractivity contribution >= 4 is 0 Å². The molecule has 6 heteroatoms. The van der Waals surface area contributed by atoms with Gasteiger partial charge in [0, 0.05) is 59.4 Å². The highest BCUT2D eigenvalue weighted by Crippen LogP contribution is 2.60. The second-order valence-corrected chi connectivity index (χ2v) is 46.3. The van der Waals surface area contributed by atoms with Crippen LogP contribution in [0.3, 0.4) is 0 Å². The lowest BCUT2D eigenvalue weighted by atomic mass is 9.51. The Morgan fingerprint density at radius 3 is 0.642 bits per heavy atom. The van der Waals surface area contributed by atoms with Crippen LogP contribution < -0.4 is 0 Å². The van der Waals surface area contributed by atoms with Gasteiger partial charge in [-0.25, -0.2) is 0 Å². The normalized spacial score (nSPS) is 21.9. The van der Waals surface area contributed by atoms with Crippen LogP contribution in [0.15, 0.2) is 0 Å². The van der Waals surface area contributed by atoms with Crippen molar-refractivity contribution in [3.8, 4) is 0 Å². The second kappa shape index (κ2) is 48.3. The molecule has 0 radical (unpaired) electrons. The minimum absolute atomic E-state index is 0. The van der Waals surface area contributed by atoms with Crippen LogP contribution in [0.2, 0.25) is 0 Å². The summed E-state index contributed by atoms with van der Waals surface area (Å²) in [5.74, 6) is 7.47. The van der Waals surface area contributed by atoms with E-state index >= 15 is 0 Å². The topological polar surface area (TPSA) is 19.4 Å². The smallest absolute Gasteiger partial charge is 0.0125 e. The van der Waals surface area contributed by atoms with E-state index in [4.69, 9.17) is 0 Å². The Morgan fingerprint density at radius 2 is 0.481 bits per heavy atom. The average Bonchev–Trinajstić information content (AvgIpc) is 0.729. The first-order valence-corrected chi connectivity index (χ1v) is 42.9. The molecule has 8 aliphatic rings. The fourth-order valence-electron chi connectivity index (χ4n) is 17.9. The number of rotatable bonds is 5. The molecule has 0 amide bonds. The predicted molar refractivity (Wildman–Crippen MR) is 499 cm³/mol. The number of hydrogen-bond acceptors (Lipinski definition) is 6. The molecule has 6 nitrogen and oxygen atoms in total. The largest absolute Gasteiger partial charge is 0.298 e. The molecule has 2 atom stereocenters. The van der Waals surface area contributed by atoms with Crippen molar-refractivity contribution in [1.82, 2.24) is 29.4 Å². The van der Waals surface area contributed by atoms with E-state index in [-0.39, 0.29) is 52.0 Å². The minimum atomic E-state index is 0. The van der Waals surface area contributed by atoms with Gasteiger partial charge in [-0.15, -0.1) is 0 Å². The van der Waals surface area contributed by atoms with Gasteiger partial charge in [-0.2, -0.15) is 0 Å². The van der Waals surface area contributed by atoms with Crippen molar-refractivity contribution in [1.29, 1.82) is 0 Å². The molecule has 0 bridgehead atoms. The van der Waals surface area contributed by atoms with Crippen LogP contribution in [0.5, 0.6) is 0 Å². The van der Waals surface area contributed by atoms with Crippen LogP contribution >= 0.6 is 0 Å². The van der Waals surface area contributed by atoms with E-state index in [1.807, 2.05) is 41.5 Å². The fraction of sp³-hybridized carbons (Fsp3) is 1.00. The van der Waals surface area contributed by atoms with Crippen LogP contribution in [-0.2, 0) is 0 Å². The van der Waals surface area contributed by atoms with Crippen LogP contribution in [0.4, 0.5) is 0 Å².